The van der Waals surface area contributed by atoms with Crippen molar-refractivity contribution in [2.75, 3.05) is 13.1 Å². The monoisotopic (exact) mass is 143 g/mol. The summed E-state index contributed by atoms with van der Waals surface area (Å²) in [5.41, 5.74) is -0.379. The lowest BCUT2D eigenvalue weighted by atomic mass is 9.70. The first-order valence-corrected chi connectivity index (χ1v) is 4.12. The number of likely N-dealkylation sites (N-methyl/N-ethyl adjacent to an activating group) is 1. The quantitative estimate of drug-likeness (QED) is 0.611. The molecule has 2 heteroatoms. The average Bonchev–Trinajstić information content (AvgIpc) is 1.97. The Morgan fingerprint density at radius 1 is 1.70 bits per heavy atom. The van der Waals surface area contributed by atoms with Crippen molar-refractivity contribution in [2.45, 2.75) is 32.3 Å². The highest BCUT2D eigenvalue weighted by atomic mass is 16.3. The topological polar surface area (TPSA) is 32.3 Å². The van der Waals surface area contributed by atoms with Gasteiger partial charge >= 0.3 is 0 Å². The third-order valence-corrected chi connectivity index (χ3v) is 2.61. The maximum absolute atomic E-state index is 9.75. The minimum atomic E-state index is -0.379. The summed E-state index contributed by atoms with van der Waals surface area (Å²) < 4.78 is 0. The molecule has 0 bridgehead atoms. The van der Waals surface area contributed by atoms with Crippen molar-refractivity contribution >= 4 is 0 Å². The maximum atomic E-state index is 9.75. The number of aliphatic hydroxyl groups is 1. The number of nitrogens with one attached hydrogen (secondary N) is 1. The molecular formula is C8H17NO. The summed E-state index contributed by atoms with van der Waals surface area (Å²) in [6, 6.07) is 0. The van der Waals surface area contributed by atoms with Crippen molar-refractivity contribution < 1.29 is 5.11 Å². The molecule has 0 heterocycles. The molecule has 1 aliphatic rings. The van der Waals surface area contributed by atoms with Gasteiger partial charge in [0.05, 0.1) is 5.60 Å². The van der Waals surface area contributed by atoms with E-state index >= 15 is 0 Å². The van der Waals surface area contributed by atoms with Crippen molar-refractivity contribution in [1.29, 1.82) is 0 Å². The van der Waals surface area contributed by atoms with Crippen LogP contribution in [0.1, 0.15) is 26.7 Å². The van der Waals surface area contributed by atoms with Crippen molar-refractivity contribution in [2.24, 2.45) is 5.92 Å². The second-order valence-electron chi connectivity index (χ2n) is 3.32. The number of hydrogen-bond donors (Lipinski definition) is 2. The molecule has 1 aliphatic carbocycles. The van der Waals surface area contributed by atoms with Gasteiger partial charge in [-0.2, -0.15) is 0 Å². The van der Waals surface area contributed by atoms with Crippen LogP contribution in [0.5, 0.6) is 0 Å². The van der Waals surface area contributed by atoms with Crippen LogP contribution in [0.3, 0.4) is 0 Å². The fraction of sp³-hybridized carbons (Fsp3) is 1.00. The molecule has 0 aromatic heterocycles. The van der Waals surface area contributed by atoms with E-state index in [2.05, 4.69) is 19.2 Å². The van der Waals surface area contributed by atoms with Gasteiger partial charge in [0.15, 0.2) is 0 Å². The Morgan fingerprint density at radius 3 is 2.70 bits per heavy atom. The second kappa shape index (κ2) is 2.89. The summed E-state index contributed by atoms with van der Waals surface area (Å²) in [7, 11) is 0. The molecule has 0 aromatic rings. The molecule has 0 spiro atoms. The van der Waals surface area contributed by atoms with Gasteiger partial charge in [0.2, 0.25) is 0 Å². The van der Waals surface area contributed by atoms with E-state index in [0.717, 1.165) is 19.5 Å². The van der Waals surface area contributed by atoms with Gasteiger partial charge in [-0.1, -0.05) is 13.8 Å². The third kappa shape index (κ3) is 1.32. The van der Waals surface area contributed by atoms with Crippen LogP contribution in [0.15, 0.2) is 0 Å². The van der Waals surface area contributed by atoms with E-state index in [9.17, 15) is 5.11 Å². The van der Waals surface area contributed by atoms with Gasteiger partial charge in [-0.05, 0) is 25.3 Å². The first-order chi connectivity index (χ1) is 4.69. The molecule has 10 heavy (non-hydrogen) atoms. The lowest BCUT2D eigenvalue weighted by Gasteiger charge is -2.43. The van der Waals surface area contributed by atoms with Crippen molar-refractivity contribution in [3.8, 4) is 0 Å². The van der Waals surface area contributed by atoms with Gasteiger partial charge in [0.25, 0.3) is 0 Å². The lowest BCUT2D eigenvalue weighted by Crippen LogP contribution is -2.52. The van der Waals surface area contributed by atoms with E-state index in [1.54, 1.807) is 0 Å². The first-order valence-electron chi connectivity index (χ1n) is 4.12. The molecule has 2 atom stereocenters. The molecule has 0 amide bonds. The SMILES string of the molecule is CCNCC1(O)CCC1C. The Hall–Kier alpha value is -0.0800. The van der Waals surface area contributed by atoms with Crippen LogP contribution in [-0.2, 0) is 0 Å². The molecule has 0 aromatic carbocycles. The van der Waals surface area contributed by atoms with Gasteiger partial charge in [-0.15, -0.1) is 0 Å². The molecule has 2 unspecified atom stereocenters. The zero-order valence-corrected chi connectivity index (χ0v) is 6.85. The van der Waals surface area contributed by atoms with E-state index in [-0.39, 0.29) is 5.60 Å². The van der Waals surface area contributed by atoms with Crippen LogP contribution >= 0.6 is 0 Å². The van der Waals surface area contributed by atoms with E-state index < -0.39 is 0 Å². The molecule has 0 aliphatic heterocycles. The highest BCUT2D eigenvalue weighted by Gasteiger charge is 2.41. The van der Waals surface area contributed by atoms with Crippen LogP contribution in [0.4, 0.5) is 0 Å². The molecule has 0 radical (unpaired) electrons. The van der Waals surface area contributed by atoms with Gasteiger partial charge in [0, 0.05) is 6.54 Å². The minimum Gasteiger partial charge on any atom is -0.388 e. The molecular weight excluding hydrogens is 126 g/mol. The number of rotatable bonds is 3. The Labute approximate surface area is 62.6 Å². The summed E-state index contributed by atoms with van der Waals surface area (Å²) in [5, 5.41) is 12.9. The van der Waals surface area contributed by atoms with E-state index in [1.807, 2.05) is 0 Å². The maximum Gasteiger partial charge on any atom is 0.0797 e. The summed E-state index contributed by atoms with van der Waals surface area (Å²) in [6.07, 6.45) is 2.16. The van der Waals surface area contributed by atoms with Crippen LogP contribution in [0, 0.1) is 5.92 Å². The molecule has 60 valence electrons. The van der Waals surface area contributed by atoms with Gasteiger partial charge in [0.1, 0.15) is 0 Å². The third-order valence-electron chi connectivity index (χ3n) is 2.61. The molecule has 1 saturated carbocycles. The van der Waals surface area contributed by atoms with Gasteiger partial charge in [-0.3, -0.25) is 0 Å². The largest absolute Gasteiger partial charge is 0.388 e. The van der Waals surface area contributed by atoms with E-state index in [1.165, 1.54) is 6.42 Å². The zero-order valence-electron chi connectivity index (χ0n) is 6.85. The van der Waals surface area contributed by atoms with Crippen LogP contribution in [-0.4, -0.2) is 23.8 Å². The Balaban J connectivity index is 2.24. The minimum absolute atomic E-state index is 0.379. The van der Waals surface area contributed by atoms with Crippen molar-refractivity contribution in [3.63, 3.8) is 0 Å². The van der Waals surface area contributed by atoms with E-state index in [4.69, 9.17) is 0 Å². The Kier molecular flexibility index (Phi) is 2.32. The standard InChI is InChI=1S/C8H17NO/c1-3-9-6-8(10)5-4-7(8)2/h7,9-10H,3-6H2,1-2H3. The predicted octanol–water partition coefficient (Wildman–Crippen LogP) is 0.757. The smallest absolute Gasteiger partial charge is 0.0797 e. The zero-order chi connectivity index (χ0) is 7.61. The fourth-order valence-corrected chi connectivity index (χ4v) is 1.37. The van der Waals surface area contributed by atoms with Crippen molar-refractivity contribution in [1.82, 2.24) is 5.32 Å². The predicted molar refractivity (Wildman–Crippen MR) is 41.9 cm³/mol. The normalized spacial score (nSPS) is 39.3. The molecule has 2 N–H and O–H groups in total. The first kappa shape index (κ1) is 8.02. The fourth-order valence-electron chi connectivity index (χ4n) is 1.37. The van der Waals surface area contributed by atoms with Gasteiger partial charge < -0.3 is 10.4 Å². The average molecular weight is 143 g/mol. The Bertz CT molecular complexity index is 116. The van der Waals surface area contributed by atoms with Gasteiger partial charge in [-0.25, -0.2) is 0 Å². The highest BCUT2D eigenvalue weighted by Crippen LogP contribution is 2.37. The van der Waals surface area contributed by atoms with Crippen molar-refractivity contribution in [3.05, 3.63) is 0 Å². The summed E-state index contributed by atoms with van der Waals surface area (Å²) in [4.78, 5) is 0. The molecule has 2 nitrogen and oxygen atoms in total. The molecule has 1 fully saturated rings. The lowest BCUT2D eigenvalue weighted by molar-refractivity contribution is -0.0830. The molecule has 0 saturated heterocycles. The number of hydrogen-bond acceptors (Lipinski definition) is 2. The summed E-state index contributed by atoms with van der Waals surface area (Å²) in [6.45, 7) is 5.90. The van der Waals surface area contributed by atoms with Crippen LogP contribution in [0.2, 0.25) is 0 Å². The highest BCUT2D eigenvalue weighted by molar-refractivity contribution is 4.95. The summed E-state index contributed by atoms with van der Waals surface area (Å²) in [5.74, 6) is 0.492. The van der Waals surface area contributed by atoms with E-state index in [0.29, 0.717) is 5.92 Å². The Morgan fingerprint density at radius 2 is 2.40 bits per heavy atom. The second-order valence-corrected chi connectivity index (χ2v) is 3.32. The molecule has 1 rings (SSSR count). The summed E-state index contributed by atoms with van der Waals surface area (Å²) >= 11 is 0. The van der Waals surface area contributed by atoms with Crippen LogP contribution in [0.25, 0.3) is 0 Å². The van der Waals surface area contributed by atoms with Crippen LogP contribution < -0.4 is 5.32 Å².